The number of rotatable bonds is 9. The zero-order valence-corrected chi connectivity index (χ0v) is 18.2. The molecule has 0 unspecified atom stereocenters. The smallest absolute Gasteiger partial charge is 0.408 e. The van der Waals surface area contributed by atoms with Crippen molar-refractivity contribution in [3.63, 3.8) is 0 Å². The lowest BCUT2D eigenvalue weighted by atomic mass is 9.94. The lowest BCUT2D eigenvalue weighted by Crippen LogP contribution is -2.58. The molecule has 0 aromatic heterocycles. The molecule has 0 fully saturated rings. The van der Waals surface area contributed by atoms with E-state index in [1.54, 1.807) is 27.9 Å². The minimum Gasteiger partial charge on any atom is -0.497 e. The van der Waals surface area contributed by atoms with E-state index in [1.165, 1.54) is 0 Å². The van der Waals surface area contributed by atoms with Crippen molar-refractivity contribution >= 4 is 6.09 Å². The summed E-state index contributed by atoms with van der Waals surface area (Å²) in [5.74, 6) is -0.801. The predicted molar refractivity (Wildman–Crippen MR) is 114 cm³/mol. The van der Waals surface area contributed by atoms with Crippen molar-refractivity contribution in [1.82, 2.24) is 10.2 Å². The summed E-state index contributed by atoms with van der Waals surface area (Å²) in [5.41, 5.74) is 0.363. The normalized spacial score (nSPS) is 13.5. The second-order valence-electron chi connectivity index (χ2n) is 8.42. The van der Waals surface area contributed by atoms with E-state index in [4.69, 9.17) is 4.74 Å². The highest BCUT2D eigenvalue weighted by Crippen LogP contribution is 2.23. The van der Waals surface area contributed by atoms with E-state index in [9.17, 15) is 23.8 Å². The van der Waals surface area contributed by atoms with Crippen molar-refractivity contribution in [3.8, 4) is 5.75 Å². The van der Waals surface area contributed by atoms with E-state index in [0.29, 0.717) is 12.3 Å². The van der Waals surface area contributed by atoms with Gasteiger partial charge >= 0.3 is 6.09 Å². The Morgan fingerprint density at radius 2 is 1.77 bits per heavy atom. The lowest BCUT2D eigenvalue weighted by molar-refractivity contribution is 0.00766. The summed E-state index contributed by atoms with van der Waals surface area (Å²) in [6.07, 6.45) is -2.38. The highest BCUT2D eigenvalue weighted by molar-refractivity contribution is 5.66. The molecule has 2 atom stereocenters. The molecule has 0 aliphatic rings. The van der Waals surface area contributed by atoms with Crippen LogP contribution in [0.2, 0.25) is 0 Å². The highest BCUT2D eigenvalue weighted by atomic mass is 19.1. The van der Waals surface area contributed by atoms with Gasteiger partial charge in [0.2, 0.25) is 0 Å². The minimum absolute atomic E-state index is 0.0414. The number of hydrogen-bond acceptors (Lipinski definition) is 4. The molecule has 2 rings (SSSR count). The summed E-state index contributed by atoms with van der Waals surface area (Å²) < 4.78 is 32.5. The molecule has 170 valence electrons. The molecule has 2 aromatic rings. The van der Waals surface area contributed by atoms with Gasteiger partial charge in [0.1, 0.15) is 17.4 Å². The standard InChI is InChI=1S/C23H30F2N2O4/c1-23(2,3)27(22(29)30)20(11-16-8-17(24)12-18(25)9-16)21(28)14-26-13-15-6-5-7-19(10-15)31-4/h5-10,12,20-21,26,28H,11,13-14H2,1-4H3,(H,29,30)/t20-,21-/m0/s1. The number of amides is 1. The molecule has 0 radical (unpaired) electrons. The Balaban J connectivity index is 2.20. The quantitative estimate of drug-likeness (QED) is 0.557. The molecule has 0 spiro atoms. The van der Waals surface area contributed by atoms with Crippen molar-refractivity contribution in [1.29, 1.82) is 0 Å². The van der Waals surface area contributed by atoms with Crippen molar-refractivity contribution < 1.29 is 28.5 Å². The van der Waals surface area contributed by atoms with Crippen LogP contribution >= 0.6 is 0 Å². The first-order valence-corrected chi connectivity index (χ1v) is 10.00. The van der Waals surface area contributed by atoms with E-state index in [0.717, 1.165) is 28.7 Å². The van der Waals surface area contributed by atoms with E-state index in [1.807, 2.05) is 24.3 Å². The first-order valence-electron chi connectivity index (χ1n) is 10.00. The molecule has 0 saturated heterocycles. The monoisotopic (exact) mass is 436 g/mol. The van der Waals surface area contributed by atoms with Gasteiger partial charge in [-0.1, -0.05) is 12.1 Å². The fourth-order valence-corrected chi connectivity index (χ4v) is 3.58. The summed E-state index contributed by atoms with van der Waals surface area (Å²) in [5, 5.41) is 23.8. The van der Waals surface area contributed by atoms with E-state index >= 15 is 0 Å². The molecule has 0 bridgehead atoms. The van der Waals surface area contributed by atoms with Gasteiger partial charge in [0.25, 0.3) is 0 Å². The number of methoxy groups -OCH3 is 1. The van der Waals surface area contributed by atoms with Crippen LogP contribution in [0.15, 0.2) is 42.5 Å². The van der Waals surface area contributed by atoms with Crippen LogP contribution in [-0.2, 0) is 13.0 Å². The van der Waals surface area contributed by atoms with Gasteiger partial charge < -0.3 is 20.3 Å². The number of nitrogens with one attached hydrogen (secondary N) is 1. The van der Waals surface area contributed by atoms with Crippen molar-refractivity contribution in [2.75, 3.05) is 13.7 Å². The molecule has 3 N–H and O–H groups in total. The third kappa shape index (κ3) is 7.18. The topological polar surface area (TPSA) is 82.0 Å². The summed E-state index contributed by atoms with van der Waals surface area (Å²) in [6.45, 7) is 5.63. The average Bonchev–Trinajstić information content (AvgIpc) is 2.65. The molecular weight excluding hydrogens is 406 g/mol. The van der Waals surface area contributed by atoms with Gasteiger partial charge in [0.15, 0.2) is 0 Å². The van der Waals surface area contributed by atoms with Crippen LogP contribution in [0.25, 0.3) is 0 Å². The number of aliphatic hydroxyl groups excluding tert-OH is 1. The largest absolute Gasteiger partial charge is 0.497 e. The number of carbonyl (C=O) groups is 1. The summed E-state index contributed by atoms with van der Waals surface area (Å²) >= 11 is 0. The molecule has 6 nitrogen and oxygen atoms in total. The second kappa shape index (κ2) is 10.5. The number of halogens is 2. The Bertz CT molecular complexity index is 866. The summed E-state index contributed by atoms with van der Waals surface area (Å²) in [7, 11) is 1.57. The van der Waals surface area contributed by atoms with Gasteiger partial charge in [-0.3, -0.25) is 4.90 Å². The Kier molecular flexibility index (Phi) is 8.36. The minimum atomic E-state index is -1.22. The molecule has 0 saturated carbocycles. The van der Waals surface area contributed by atoms with Gasteiger partial charge in [-0.2, -0.15) is 0 Å². The van der Waals surface area contributed by atoms with Crippen LogP contribution in [0.1, 0.15) is 31.9 Å². The number of benzene rings is 2. The third-order valence-electron chi connectivity index (χ3n) is 4.89. The zero-order chi connectivity index (χ0) is 23.2. The SMILES string of the molecule is COc1cccc(CNC[C@H](O)[C@H](Cc2cc(F)cc(F)c2)N(C(=O)O)C(C)(C)C)c1. The first kappa shape index (κ1) is 24.6. The van der Waals surface area contributed by atoms with Gasteiger partial charge in [-0.15, -0.1) is 0 Å². The van der Waals surface area contributed by atoms with Gasteiger partial charge in [-0.25, -0.2) is 13.6 Å². The average molecular weight is 436 g/mol. The maximum absolute atomic E-state index is 13.7. The fourth-order valence-electron chi connectivity index (χ4n) is 3.58. The molecule has 0 aliphatic heterocycles. The fraction of sp³-hybridized carbons (Fsp3) is 0.435. The molecule has 0 heterocycles. The number of nitrogens with zero attached hydrogens (tertiary/aromatic N) is 1. The molecule has 8 heteroatoms. The van der Waals surface area contributed by atoms with Gasteiger partial charge in [0, 0.05) is 24.7 Å². The highest BCUT2D eigenvalue weighted by Gasteiger charge is 2.37. The van der Waals surface area contributed by atoms with Crippen LogP contribution in [-0.4, -0.2) is 52.5 Å². The van der Waals surface area contributed by atoms with E-state index in [-0.39, 0.29) is 18.5 Å². The summed E-state index contributed by atoms with van der Waals surface area (Å²) in [4.78, 5) is 13.1. The predicted octanol–water partition coefficient (Wildman–Crippen LogP) is 3.81. The Morgan fingerprint density at radius 1 is 1.13 bits per heavy atom. The summed E-state index contributed by atoms with van der Waals surface area (Å²) in [6, 6.07) is 9.54. The van der Waals surface area contributed by atoms with Crippen LogP contribution in [0.5, 0.6) is 5.75 Å². The first-order chi connectivity index (χ1) is 14.5. The number of aliphatic hydroxyl groups is 1. The third-order valence-corrected chi connectivity index (χ3v) is 4.89. The maximum atomic E-state index is 13.7. The number of carboxylic acid groups (broad SMARTS) is 1. The van der Waals surface area contributed by atoms with Crippen LogP contribution in [0, 0.1) is 11.6 Å². The van der Waals surface area contributed by atoms with Crippen LogP contribution in [0.4, 0.5) is 13.6 Å². The molecule has 31 heavy (non-hydrogen) atoms. The number of hydrogen-bond donors (Lipinski definition) is 3. The Morgan fingerprint density at radius 3 is 2.32 bits per heavy atom. The van der Waals surface area contributed by atoms with Crippen molar-refractivity contribution in [2.45, 2.75) is 51.4 Å². The Labute approximate surface area is 181 Å². The second-order valence-corrected chi connectivity index (χ2v) is 8.42. The number of ether oxygens (including phenoxy) is 1. The zero-order valence-electron chi connectivity index (χ0n) is 18.2. The Hall–Kier alpha value is -2.71. The maximum Gasteiger partial charge on any atom is 0.408 e. The van der Waals surface area contributed by atoms with Crippen LogP contribution < -0.4 is 10.1 Å². The van der Waals surface area contributed by atoms with E-state index < -0.39 is 35.4 Å². The van der Waals surface area contributed by atoms with Gasteiger partial charge in [0.05, 0.1) is 19.3 Å². The van der Waals surface area contributed by atoms with E-state index in [2.05, 4.69) is 5.32 Å². The van der Waals surface area contributed by atoms with Crippen molar-refractivity contribution in [3.05, 3.63) is 65.2 Å². The lowest BCUT2D eigenvalue weighted by Gasteiger charge is -2.42. The van der Waals surface area contributed by atoms with Crippen LogP contribution in [0.3, 0.4) is 0 Å². The van der Waals surface area contributed by atoms with Crippen molar-refractivity contribution in [2.24, 2.45) is 0 Å². The molecule has 1 amide bonds. The van der Waals surface area contributed by atoms with Gasteiger partial charge in [-0.05, 0) is 62.6 Å². The molecule has 2 aromatic carbocycles. The molecule has 0 aliphatic carbocycles. The molecular formula is C23H30F2N2O4.